The minimum Gasteiger partial charge on any atom is -0.481 e. The van der Waals surface area contributed by atoms with Crippen molar-refractivity contribution in [2.24, 2.45) is 7.05 Å². The number of nitrogens with zero attached hydrogens (tertiary/aromatic N) is 3. The minimum atomic E-state index is -0.858. The van der Waals surface area contributed by atoms with Crippen molar-refractivity contribution < 1.29 is 14.6 Å². The number of carbonyl (C=O) groups is 1. The lowest BCUT2D eigenvalue weighted by Gasteiger charge is -1.95. The SMILES string of the molecule is CCOCCc1nc(SCC(=O)O)n(C)n1. The first-order valence-corrected chi connectivity index (χ1v) is 5.94. The van der Waals surface area contributed by atoms with Gasteiger partial charge in [0.1, 0.15) is 0 Å². The van der Waals surface area contributed by atoms with Crippen LogP contribution in [0.2, 0.25) is 0 Å². The van der Waals surface area contributed by atoms with Gasteiger partial charge >= 0.3 is 5.97 Å². The average Bonchev–Trinajstić information content (AvgIpc) is 2.57. The van der Waals surface area contributed by atoms with Crippen molar-refractivity contribution >= 4 is 17.7 Å². The van der Waals surface area contributed by atoms with Gasteiger partial charge in [0.2, 0.25) is 0 Å². The molecule has 16 heavy (non-hydrogen) atoms. The maximum atomic E-state index is 10.4. The van der Waals surface area contributed by atoms with Crippen molar-refractivity contribution in [3.05, 3.63) is 5.82 Å². The van der Waals surface area contributed by atoms with E-state index >= 15 is 0 Å². The zero-order valence-corrected chi connectivity index (χ0v) is 10.2. The van der Waals surface area contributed by atoms with Gasteiger partial charge < -0.3 is 9.84 Å². The fourth-order valence-electron chi connectivity index (χ4n) is 1.09. The fourth-order valence-corrected chi connectivity index (χ4v) is 1.74. The van der Waals surface area contributed by atoms with Gasteiger partial charge in [-0.25, -0.2) is 9.67 Å². The highest BCUT2D eigenvalue weighted by Crippen LogP contribution is 2.14. The summed E-state index contributed by atoms with van der Waals surface area (Å²) in [7, 11) is 1.75. The Morgan fingerprint density at radius 1 is 1.62 bits per heavy atom. The zero-order valence-electron chi connectivity index (χ0n) is 9.34. The number of aliphatic carboxylic acids is 1. The van der Waals surface area contributed by atoms with E-state index in [0.29, 0.717) is 30.6 Å². The molecule has 0 aliphatic carbocycles. The van der Waals surface area contributed by atoms with Gasteiger partial charge in [0.05, 0.1) is 12.4 Å². The van der Waals surface area contributed by atoms with Gasteiger partial charge in [-0.05, 0) is 6.92 Å². The number of hydrogen-bond acceptors (Lipinski definition) is 5. The van der Waals surface area contributed by atoms with E-state index in [1.807, 2.05) is 6.92 Å². The van der Waals surface area contributed by atoms with Crippen LogP contribution in [0.15, 0.2) is 5.16 Å². The number of aromatic nitrogens is 3. The Labute approximate surface area is 98.0 Å². The third-order valence-corrected chi connectivity index (χ3v) is 2.77. The van der Waals surface area contributed by atoms with Gasteiger partial charge in [-0.3, -0.25) is 4.79 Å². The molecule has 1 heterocycles. The summed E-state index contributed by atoms with van der Waals surface area (Å²) in [6.45, 7) is 3.19. The van der Waals surface area contributed by atoms with E-state index in [9.17, 15) is 4.79 Å². The van der Waals surface area contributed by atoms with E-state index in [1.165, 1.54) is 0 Å². The Hall–Kier alpha value is -1.08. The number of carboxylic acid groups (broad SMARTS) is 1. The van der Waals surface area contributed by atoms with Crippen molar-refractivity contribution in [2.75, 3.05) is 19.0 Å². The standard InChI is InChI=1S/C9H15N3O3S/c1-3-15-5-4-7-10-9(12(2)11-7)16-6-8(13)14/h3-6H2,1-2H3,(H,13,14). The second-order valence-corrected chi connectivity index (χ2v) is 4.01. The van der Waals surface area contributed by atoms with E-state index in [2.05, 4.69) is 10.1 Å². The maximum Gasteiger partial charge on any atom is 0.313 e. The monoisotopic (exact) mass is 245 g/mol. The summed E-state index contributed by atoms with van der Waals surface area (Å²) in [5.74, 6) is -0.176. The molecule has 1 N–H and O–H groups in total. The Balaban J connectivity index is 2.49. The van der Waals surface area contributed by atoms with E-state index in [1.54, 1.807) is 11.7 Å². The molecule has 7 heteroatoms. The molecular formula is C9H15N3O3S. The molecule has 0 spiro atoms. The number of thioether (sulfide) groups is 1. The molecule has 0 atom stereocenters. The molecule has 0 unspecified atom stereocenters. The normalized spacial score (nSPS) is 10.6. The van der Waals surface area contributed by atoms with E-state index in [0.717, 1.165) is 11.8 Å². The second kappa shape index (κ2) is 6.49. The van der Waals surface area contributed by atoms with Crippen LogP contribution in [0.4, 0.5) is 0 Å². The minimum absolute atomic E-state index is 0.00255. The van der Waals surface area contributed by atoms with Crippen molar-refractivity contribution in [1.29, 1.82) is 0 Å². The molecule has 0 radical (unpaired) electrons. The summed E-state index contributed by atoms with van der Waals surface area (Å²) < 4.78 is 6.79. The van der Waals surface area contributed by atoms with Crippen LogP contribution in [-0.2, 0) is 23.0 Å². The molecular weight excluding hydrogens is 230 g/mol. The third kappa shape index (κ3) is 4.19. The Kier molecular flexibility index (Phi) is 5.27. The molecule has 0 saturated heterocycles. The Morgan fingerprint density at radius 2 is 2.38 bits per heavy atom. The topological polar surface area (TPSA) is 77.2 Å². The van der Waals surface area contributed by atoms with Crippen LogP contribution in [0, 0.1) is 0 Å². The van der Waals surface area contributed by atoms with Crippen LogP contribution in [0.1, 0.15) is 12.7 Å². The summed E-state index contributed by atoms with van der Waals surface area (Å²) in [6.07, 6.45) is 0.648. The second-order valence-electron chi connectivity index (χ2n) is 3.06. The highest BCUT2D eigenvalue weighted by molar-refractivity contribution is 7.99. The first-order valence-electron chi connectivity index (χ1n) is 4.95. The lowest BCUT2D eigenvalue weighted by atomic mass is 10.4. The highest BCUT2D eigenvalue weighted by atomic mass is 32.2. The predicted molar refractivity (Wildman–Crippen MR) is 59.6 cm³/mol. The number of aryl methyl sites for hydroxylation is 1. The van der Waals surface area contributed by atoms with Gasteiger partial charge in [0, 0.05) is 20.1 Å². The average molecular weight is 245 g/mol. The van der Waals surface area contributed by atoms with Crippen molar-refractivity contribution in [3.63, 3.8) is 0 Å². The molecule has 0 fully saturated rings. The molecule has 0 saturated carbocycles. The molecule has 1 aromatic rings. The van der Waals surface area contributed by atoms with Crippen molar-refractivity contribution in [2.45, 2.75) is 18.5 Å². The molecule has 0 aromatic carbocycles. The van der Waals surface area contributed by atoms with Crippen LogP contribution in [0.3, 0.4) is 0 Å². The highest BCUT2D eigenvalue weighted by Gasteiger charge is 2.09. The first-order chi connectivity index (χ1) is 7.63. The smallest absolute Gasteiger partial charge is 0.313 e. The summed E-state index contributed by atoms with van der Waals surface area (Å²) in [5.41, 5.74) is 0. The van der Waals surface area contributed by atoms with Gasteiger partial charge in [0.15, 0.2) is 11.0 Å². The number of ether oxygens (including phenoxy) is 1. The van der Waals surface area contributed by atoms with E-state index in [-0.39, 0.29) is 5.75 Å². The summed E-state index contributed by atoms with van der Waals surface area (Å²) in [4.78, 5) is 14.6. The van der Waals surface area contributed by atoms with Gasteiger partial charge in [-0.1, -0.05) is 11.8 Å². The predicted octanol–water partition coefficient (Wildman–Crippen LogP) is 0.571. The molecule has 0 aliphatic heterocycles. The molecule has 6 nitrogen and oxygen atoms in total. The Bertz CT molecular complexity index is 354. The maximum absolute atomic E-state index is 10.4. The number of hydrogen-bond donors (Lipinski definition) is 1. The lowest BCUT2D eigenvalue weighted by Crippen LogP contribution is -2.00. The quantitative estimate of drug-likeness (QED) is 0.559. The van der Waals surface area contributed by atoms with E-state index < -0.39 is 5.97 Å². The van der Waals surface area contributed by atoms with Crippen LogP contribution in [0.25, 0.3) is 0 Å². The summed E-state index contributed by atoms with van der Waals surface area (Å²) in [6, 6.07) is 0. The van der Waals surface area contributed by atoms with Crippen LogP contribution >= 0.6 is 11.8 Å². The molecule has 1 aromatic heterocycles. The van der Waals surface area contributed by atoms with E-state index in [4.69, 9.17) is 9.84 Å². The van der Waals surface area contributed by atoms with Crippen LogP contribution in [-0.4, -0.2) is 44.8 Å². The largest absolute Gasteiger partial charge is 0.481 e. The van der Waals surface area contributed by atoms with Crippen molar-refractivity contribution in [3.8, 4) is 0 Å². The summed E-state index contributed by atoms with van der Waals surface area (Å²) in [5, 5.41) is 13.3. The zero-order chi connectivity index (χ0) is 12.0. The van der Waals surface area contributed by atoms with Gasteiger partial charge in [-0.2, -0.15) is 5.10 Å². The van der Waals surface area contributed by atoms with Gasteiger partial charge in [0.25, 0.3) is 0 Å². The number of carboxylic acids is 1. The molecule has 0 amide bonds. The third-order valence-electron chi connectivity index (χ3n) is 1.77. The summed E-state index contributed by atoms with van der Waals surface area (Å²) >= 11 is 1.16. The molecule has 1 rings (SSSR count). The Morgan fingerprint density at radius 3 is 3.00 bits per heavy atom. The lowest BCUT2D eigenvalue weighted by molar-refractivity contribution is -0.133. The molecule has 0 bridgehead atoms. The first kappa shape index (κ1) is 13.0. The van der Waals surface area contributed by atoms with Crippen LogP contribution in [0.5, 0.6) is 0 Å². The molecule has 90 valence electrons. The molecule has 0 aliphatic rings. The fraction of sp³-hybridized carbons (Fsp3) is 0.667. The van der Waals surface area contributed by atoms with Gasteiger partial charge in [-0.15, -0.1) is 0 Å². The number of rotatable bonds is 7. The van der Waals surface area contributed by atoms with Crippen molar-refractivity contribution in [1.82, 2.24) is 14.8 Å². The van der Waals surface area contributed by atoms with Crippen LogP contribution < -0.4 is 0 Å².